The van der Waals surface area contributed by atoms with Crippen LogP contribution in [0.25, 0.3) is 0 Å². The second-order valence-corrected chi connectivity index (χ2v) is 4.63. The summed E-state index contributed by atoms with van der Waals surface area (Å²) in [4.78, 5) is 13.0. The van der Waals surface area contributed by atoms with Crippen molar-refractivity contribution in [1.82, 2.24) is 4.98 Å². The maximum absolute atomic E-state index is 12.5. The van der Waals surface area contributed by atoms with Gasteiger partial charge in [-0.3, -0.25) is 10.1 Å². The van der Waals surface area contributed by atoms with E-state index in [1.807, 2.05) is 0 Å². The van der Waals surface area contributed by atoms with Gasteiger partial charge in [0.2, 0.25) is 0 Å². The first-order chi connectivity index (χ1) is 9.29. The van der Waals surface area contributed by atoms with Gasteiger partial charge in [-0.2, -0.15) is 13.2 Å². The number of nitrogens with zero attached hydrogens (tertiary/aromatic N) is 2. The standard InChI is InChI=1S/C11H12F3N3O3/c12-11(13,14)10-3-7(8(4-16-10)17(19)20)15-5-9(18)6-1-2-6/h3-4,6,9,18H,1-2,5H2,(H,15,16). The monoisotopic (exact) mass is 291 g/mol. The minimum Gasteiger partial charge on any atom is -0.391 e. The highest BCUT2D eigenvalue weighted by Crippen LogP contribution is 2.35. The lowest BCUT2D eigenvalue weighted by molar-refractivity contribution is -0.384. The molecule has 9 heteroatoms. The van der Waals surface area contributed by atoms with E-state index in [9.17, 15) is 28.4 Å². The van der Waals surface area contributed by atoms with Crippen molar-refractivity contribution in [2.45, 2.75) is 25.1 Å². The third-order valence-corrected chi connectivity index (χ3v) is 3.04. The van der Waals surface area contributed by atoms with Gasteiger partial charge in [-0.05, 0) is 24.8 Å². The number of aromatic nitrogens is 1. The Morgan fingerprint density at radius 1 is 1.55 bits per heavy atom. The van der Waals surface area contributed by atoms with Gasteiger partial charge in [0.1, 0.15) is 17.6 Å². The molecule has 20 heavy (non-hydrogen) atoms. The van der Waals surface area contributed by atoms with Gasteiger partial charge in [-0.1, -0.05) is 0 Å². The summed E-state index contributed by atoms with van der Waals surface area (Å²) in [6.07, 6.45) is -3.13. The number of anilines is 1. The molecule has 0 spiro atoms. The van der Waals surface area contributed by atoms with Gasteiger partial charge in [-0.15, -0.1) is 0 Å². The van der Waals surface area contributed by atoms with Crippen LogP contribution >= 0.6 is 0 Å². The smallest absolute Gasteiger partial charge is 0.391 e. The number of nitrogens with one attached hydrogen (secondary N) is 1. The Kier molecular flexibility index (Phi) is 3.80. The highest BCUT2D eigenvalue weighted by molar-refractivity contribution is 5.61. The zero-order valence-electron chi connectivity index (χ0n) is 10.2. The van der Waals surface area contributed by atoms with Crippen LogP contribution in [0.5, 0.6) is 0 Å². The molecule has 0 aromatic carbocycles. The number of aliphatic hydroxyl groups excluding tert-OH is 1. The lowest BCUT2D eigenvalue weighted by Crippen LogP contribution is -2.22. The van der Waals surface area contributed by atoms with Crippen molar-refractivity contribution in [1.29, 1.82) is 0 Å². The first kappa shape index (κ1) is 14.5. The molecule has 1 aromatic rings. The van der Waals surface area contributed by atoms with Crippen LogP contribution in [0.3, 0.4) is 0 Å². The summed E-state index contributed by atoms with van der Waals surface area (Å²) < 4.78 is 37.6. The molecule has 1 atom stereocenters. The Labute approximate surface area is 111 Å². The molecule has 110 valence electrons. The zero-order chi connectivity index (χ0) is 14.9. The minimum absolute atomic E-state index is 0.0349. The van der Waals surface area contributed by atoms with Crippen LogP contribution in [-0.2, 0) is 6.18 Å². The molecule has 1 unspecified atom stereocenters. The molecule has 0 amide bonds. The molecule has 0 bridgehead atoms. The number of hydrogen-bond donors (Lipinski definition) is 2. The Balaban J connectivity index is 2.19. The molecular formula is C11H12F3N3O3. The molecular weight excluding hydrogens is 279 g/mol. The summed E-state index contributed by atoms with van der Waals surface area (Å²) in [5.41, 5.74) is -2.07. The molecule has 2 rings (SSSR count). The van der Waals surface area contributed by atoms with Crippen molar-refractivity contribution in [2.24, 2.45) is 5.92 Å². The van der Waals surface area contributed by atoms with E-state index in [0.29, 0.717) is 12.3 Å². The van der Waals surface area contributed by atoms with E-state index in [4.69, 9.17) is 0 Å². The van der Waals surface area contributed by atoms with E-state index in [-0.39, 0.29) is 18.2 Å². The van der Waals surface area contributed by atoms with Gasteiger partial charge in [0.05, 0.1) is 11.0 Å². The first-order valence-electron chi connectivity index (χ1n) is 5.92. The number of pyridine rings is 1. The van der Waals surface area contributed by atoms with E-state index in [0.717, 1.165) is 12.8 Å². The molecule has 2 N–H and O–H groups in total. The van der Waals surface area contributed by atoms with Gasteiger partial charge >= 0.3 is 11.9 Å². The van der Waals surface area contributed by atoms with E-state index >= 15 is 0 Å². The van der Waals surface area contributed by atoms with E-state index < -0.39 is 28.6 Å². The fourth-order valence-electron chi connectivity index (χ4n) is 1.75. The highest BCUT2D eigenvalue weighted by Gasteiger charge is 2.35. The quantitative estimate of drug-likeness (QED) is 0.641. The van der Waals surface area contributed by atoms with Crippen molar-refractivity contribution in [2.75, 3.05) is 11.9 Å². The van der Waals surface area contributed by atoms with Crippen LogP contribution in [-0.4, -0.2) is 27.7 Å². The summed E-state index contributed by atoms with van der Waals surface area (Å²) in [5.74, 6) is 0.116. The summed E-state index contributed by atoms with van der Waals surface area (Å²) in [6, 6.07) is 0.581. The second kappa shape index (κ2) is 5.23. The maximum atomic E-state index is 12.5. The molecule has 0 radical (unpaired) electrons. The van der Waals surface area contributed by atoms with Crippen LogP contribution in [0.4, 0.5) is 24.5 Å². The number of alkyl halides is 3. The molecule has 0 aliphatic heterocycles. The van der Waals surface area contributed by atoms with Gasteiger partial charge in [0.15, 0.2) is 0 Å². The summed E-state index contributed by atoms with van der Waals surface area (Å²) in [5, 5.41) is 22.9. The Bertz CT molecular complexity index is 517. The average molecular weight is 291 g/mol. The maximum Gasteiger partial charge on any atom is 0.433 e. The number of nitro groups is 1. The molecule has 0 saturated heterocycles. The first-order valence-corrected chi connectivity index (χ1v) is 5.92. The molecule has 1 heterocycles. The van der Waals surface area contributed by atoms with Crippen LogP contribution in [0.1, 0.15) is 18.5 Å². The Hall–Kier alpha value is -1.90. The van der Waals surface area contributed by atoms with Crippen LogP contribution in [0.2, 0.25) is 0 Å². The second-order valence-electron chi connectivity index (χ2n) is 4.63. The lowest BCUT2D eigenvalue weighted by Gasteiger charge is -2.13. The lowest BCUT2D eigenvalue weighted by atomic mass is 10.2. The van der Waals surface area contributed by atoms with Gasteiger partial charge in [-0.25, -0.2) is 4.98 Å². The minimum atomic E-state index is -4.68. The van der Waals surface area contributed by atoms with E-state index in [1.165, 1.54) is 0 Å². The van der Waals surface area contributed by atoms with Crippen LogP contribution < -0.4 is 5.32 Å². The third kappa shape index (κ3) is 3.35. The fraction of sp³-hybridized carbons (Fsp3) is 0.545. The van der Waals surface area contributed by atoms with E-state index in [2.05, 4.69) is 10.3 Å². The predicted octanol–water partition coefficient (Wildman–Crippen LogP) is 2.19. The SMILES string of the molecule is O=[N+]([O-])c1cnc(C(F)(F)F)cc1NCC(O)C1CC1. The Morgan fingerprint density at radius 2 is 2.20 bits per heavy atom. The molecule has 1 aromatic heterocycles. The predicted molar refractivity (Wildman–Crippen MR) is 63.1 cm³/mol. The van der Waals surface area contributed by atoms with E-state index in [1.54, 1.807) is 0 Å². The van der Waals surface area contributed by atoms with Crippen LogP contribution in [0, 0.1) is 16.0 Å². The van der Waals surface area contributed by atoms with Crippen molar-refractivity contribution >= 4 is 11.4 Å². The number of halogens is 3. The molecule has 6 nitrogen and oxygen atoms in total. The summed E-state index contributed by atoms with van der Waals surface area (Å²) in [6.45, 7) is -0.0349. The number of rotatable bonds is 5. The zero-order valence-corrected chi connectivity index (χ0v) is 10.2. The van der Waals surface area contributed by atoms with Gasteiger partial charge in [0, 0.05) is 6.54 Å². The third-order valence-electron chi connectivity index (χ3n) is 3.04. The van der Waals surface area contributed by atoms with Gasteiger partial charge in [0.25, 0.3) is 0 Å². The Morgan fingerprint density at radius 3 is 2.70 bits per heavy atom. The highest BCUT2D eigenvalue weighted by atomic mass is 19.4. The van der Waals surface area contributed by atoms with Crippen molar-refractivity contribution in [3.8, 4) is 0 Å². The summed E-state index contributed by atoms with van der Waals surface area (Å²) in [7, 11) is 0. The largest absolute Gasteiger partial charge is 0.433 e. The topological polar surface area (TPSA) is 88.3 Å². The van der Waals surface area contributed by atoms with Gasteiger partial charge < -0.3 is 10.4 Å². The number of hydrogen-bond acceptors (Lipinski definition) is 5. The fourth-order valence-corrected chi connectivity index (χ4v) is 1.75. The van der Waals surface area contributed by atoms with Crippen LogP contribution in [0.15, 0.2) is 12.3 Å². The molecule has 1 aliphatic rings. The van der Waals surface area contributed by atoms with Crippen molar-refractivity contribution in [3.63, 3.8) is 0 Å². The molecule has 1 fully saturated rings. The average Bonchev–Trinajstić information content (AvgIpc) is 3.18. The number of aliphatic hydroxyl groups is 1. The summed E-state index contributed by atoms with van der Waals surface area (Å²) >= 11 is 0. The molecule has 1 aliphatic carbocycles. The normalized spacial score (nSPS) is 16.8. The van der Waals surface area contributed by atoms with Crippen molar-refractivity contribution < 1.29 is 23.2 Å². The molecule has 1 saturated carbocycles. The van der Waals surface area contributed by atoms with Crippen molar-refractivity contribution in [3.05, 3.63) is 28.1 Å².